The molecule has 0 aliphatic rings. The largest absolute Gasteiger partial charge is 0.573 e. The van der Waals surface area contributed by atoms with Crippen molar-refractivity contribution in [2.75, 3.05) is 37.8 Å². The topological polar surface area (TPSA) is 62.3 Å². The molecule has 0 aliphatic heterocycles. The fourth-order valence-electron chi connectivity index (χ4n) is 2.84. The Bertz CT molecular complexity index is 1080. The maximum atomic E-state index is 12.6. The van der Waals surface area contributed by atoms with Gasteiger partial charge in [0.2, 0.25) is 5.95 Å². The summed E-state index contributed by atoms with van der Waals surface area (Å²) in [4.78, 5) is 10.9. The molecule has 0 saturated carbocycles. The molecule has 0 saturated heterocycles. The summed E-state index contributed by atoms with van der Waals surface area (Å²) in [5.41, 5.74) is 2.53. The Hall–Kier alpha value is -3.04. The van der Waals surface area contributed by atoms with Crippen LogP contribution in [0, 0.1) is 6.92 Å². The second-order valence-corrected chi connectivity index (χ2v) is 7.78. The minimum Gasteiger partial charge on any atom is -0.406 e. The van der Waals surface area contributed by atoms with E-state index in [-0.39, 0.29) is 5.75 Å². The zero-order chi connectivity index (χ0) is 23.3. The maximum absolute atomic E-state index is 12.6. The van der Waals surface area contributed by atoms with Crippen molar-refractivity contribution in [3.63, 3.8) is 0 Å². The molecule has 1 aromatic heterocycles. The number of benzene rings is 2. The van der Waals surface area contributed by atoms with Crippen LogP contribution in [0.15, 0.2) is 48.5 Å². The van der Waals surface area contributed by atoms with Gasteiger partial charge in [-0.05, 0) is 50.8 Å². The summed E-state index contributed by atoms with van der Waals surface area (Å²) in [6.07, 6.45) is -4.78. The van der Waals surface area contributed by atoms with Crippen LogP contribution in [-0.4, -0.2) is 48.4 Å². The Morgan fingerprint density at radius 3 is 2.53 bits per heavy atom. The molecule has 0 spiro atoms. The van der Waals surface area contributed by atoms with E-state index in [2.05, 4.69) is 25.3 Å². The average Bonchev–Trinajstić information content (AvgIpc) is 2.69. The van der Waals surface area contributed by atoms with E-state index in [0.29, 0.717) is 40.3 Å². The van der Waals surface area contributed by atoms with E-state index in [1.807, 2.05) is 44.1 Å². The molecule has 0 amide bonds. The van der Waals surface area contributed by atoms with Gasteiger partial charge in [-0.3, -0.25) is 0 Å². The summed E-state index contributed by atoms with van der Waals surface area (Å²) in [5.74, 6) is 0.444. The van der Waals surface area contributed by atoms with Crippen LogP contribution in [0.2, 0.25) is 5.02 Å². The number of likely N-dealkylation sites (N-methyl/N-ethyl adjacent to an activating group) is 1. The number of nitrogens with zero attached hydrogens (tertiary/aromatic N) is 3. The summed E-state index contributed by atoms with van der Waals surface area (Å²) < 4.78 is 41.9. The van der Waals surface area contributed by atoms with Gasteiger partial charge < -0.3 is 20.3 Å². The van der Waals surface area contributed by atoms with Crippen LogP contribution < -0.4 is 15.4 Å². The summed E-state index contributed by atoms with van der Waals surface area (Å²) in [6, 6.07) is 12.8. The molecule has 3 rings (SSSR count). The van der Waals surface area contributed by atoms with E-state index in [1.54, 1.807) is 12.1 Å². The molecule has 0 aliphatic carbocycles. The number of alkyl halides is 3. The standard InChI is InChI=1S/C22H23ClF3N5O/c1-14-7-8-18(17(23)11-14)28-20-13-19(29-21(30-20)27-9-10-31(2)3)15-5-4-6-16(12-15)32-22(24,25)26/h4-8,11-13H,9-10H2,1-3H3,(H2,27,28,29,30). The third-order valence-electron chi connectivity index (χ3n) is 4.32. The molecule has 0 radical (unpaired) electrons. The smallest absolute Gasteiger partial charge is 0.406 e. The molecule has 170 valence electrons. The number of aromatic nitrogens is 2. The second kappa shape index (κ2) is 10.1. The minimum atomic E-state index is -4.78. The van der Waals surface area contributed by atoms with Crippen LogP contribution in [-0.2, 0) is 0 Å². The van der Waals surface area contributed by atoms with Gasteiger partial charge in [0.25, 0.3) is 0 Å². The first kappa shape index (κ1) is 23.6. The molecule has 2 N–H and O–H groups in total. The monoisotopic (exact) mass is 465 g/mol. The number of rotatable bonds is 8. The molecule has 3 aromatic rings. The predicted octanol–water partition coefficient (Wildman–Crippen LogP) is 5.72. The number of hydrogen-bond donors (Lipinski definition) is 2. The van der Waals surface area contributed by atoms with Crippen molar-refractivity contribution in [1.82, 2.24) is 14.9 Å². The fourth-order valence-corrected chi connectivity index (χ4v) is 3.12. The van der Waals surface area contributed by atoms with Gasteiger partial charge in [-0.15, -0.1) is 13.2 Å². The molecule has 10 heteroatoms. The molecule has 0 unspecified atom stereocenters. The Labute approximate surface area is 189 Å². The van der Waals surface area contributed by atoms with Gasteiger partial charge in [0.15, 0.2) is 0 Å². The Morgan fingerprint density at radius 2 is 1.84 bits per heavy atom. The highest BCUT2D eigenvalue weighted by Gasteiger charge is 2.31. The number of hydrogen-bond acceptors (Lipinski definition) is 6. The number of anilines is 3. The SMILES string of the molecule is Cc1ccc(Nc2cc(-c3cccc(OC(F)(F)F)c3)nc(NCCN(C)C)n2)c(Cl)c1. The average molecular weight is 466 g/mol. The van der Waals surface area contributed by atoms with Crippen molar-refractivity contribution < 1.29 is 17.9 Å². The van der Waals surface area contributed by atoms with Gasteiger partial charge in [0, 0.05) is 24.7 Å². The van der Waals surface area contributed by atoms with E-state index >= 15 is 0 Å². The predicted molar refractivity (Wildman–Crippen MR) is 121 cm³/mol. The maximum Gasteiger partial charge on any atom is 0.573 e. The van der Waals surface area contributed by atoms with Crippen LogP contribution in [0.25, 0.3) is 11.3 Å². The number of nitrogens with one attached hydrogen (secondary N) is 2. The highest BCUT2D eigenvalue weighted by Crippen LogP contribution is 2.31. The van der Waals surface area contributed by atoms with Gasteiger partial charge in [-0.1, -0.05) is 29.8 Å². The Morgan fingerprint density at radius 1 is 1.06 bits per heavy atom. The lowest BCUT2D eigenvalue weighted by Crippen LogP contribution is -2.21. The molecule has 0 atom stereocenters. The molecule has 2 aromatic carbocycles. The van der Waals surface area contributed by atoms with Gasteiger partial charge >= 0.3 is 6.36 Å². The van der Waals surface area contributed by atoms with Crippen LogP contribution >= 0.6 is 11.6 Å². The van der Waals surface area contributed by atoms with E-state index < -0.39 is 6.36 Å². The number of halogens is 4. The second-order valence-electron chi connectivity index (χ2n) is 7.38. The Balaban J connectivity index is 1.95. The molecule has 0 fully saturated rings. The minimum absolute atomic E-state index is 0.327. The zero-order valence-electron chi connectivity index (χ0n) is 17.8. The van der Waals surface area contributed by atoms with E-state index in [4.69, 9.17) is 11.6 Å². The van der Waals surface area contributed by atoms with Gasteiger partial charge in [-0.2, -0.15) is 4.98 Å². The lowest BCUT2D eigenvalue weighted by Gasteiger charge is -2.14. The van der Waals surface area contributed by atoms with Gasteiger partial charge in [0.1, 0.15) is 11.6 Å². The first-order valence-electron chi connectivity index (χ1n) is 9.76. The first-order chi connectivity index (χ1) is 15.1. The van der Waals surface area contributed by atoms with Crippen molar-refractivity contribution >= 4 is 29.1 Å². The summed E-state index contributed by atoms with van der Waals surface area (Å²) >= 11 is 6.33. The van der Waals surface area contributed by atoms with Crippen molar-refractivity contribution in [2.24, 2.45) is 0 Å². The van der Waals surface area contributed by atoms with Crippen molar-refractivity contribution in [1.29, 1.82) is 0 Å². The summed E-state index contributed by atoms with van der Waals surface area (Å²) in [7, 11) is 3.88. The summed E-state index contributed by atoms with van der Waals surface area (Å²) in [6.45, 7) is 3.26. The highest BCUT2D eigenvalue weighted by atomic mass is 35.5. The Kier molecular flexibility index (Phi) is 7.42. The van der Waals surface area contributed by atoms with Crippen LogP contribution in [0.1, 0.15) is 5.56 Å². The van der Waals surface area contributed by atoms with Gasteiger partial charge in [-0.25, -0.2) is 4.98 Å². The molecule has 6 nitrogen and oxygen atoms in total. The van der Waals surface area contributed by atoms with Crippen LogP contribution in [0.4, 0.5) is 30.6 Å². The lowest BCUT2D eigenvalue weighted by molar-refractivity contribution is -0.274. The van der Waals surface area contributed by atoms with E-state index in [9.17, 15) is 13.2 Å². The van der Waals surface area contributed by atoms with Crippen molar-refractivity contribution in [3.8, 4) is 17.0 Å². The molecule has 32 heavy (non-hydrogen) atoms. The van der Waals surface area contributed by atoms with Crippen LogP contribution in [0.5, 0.6) is 5.75 Å². The van der Waals surface area contributed by atoms with Crippen molar-refractivity contribution in [3.05, 3.63) is 59.1 Å². The normalized spacial score (nSPS) is 11.5. The van der Waals surface area contributed by atoms with Gasteiger partial charge in [0.05, 0.1) is 16.4 Å². The first-order valence-corrected chi connectivity index (χ1v) is 10.1. The van der Waals surface area contributed by atoms with E-state index in [0.717, 1.165) is 12.1 Å². The molecular formula is C22H23ClF3N5O. The third kappa shape index (κ3) is 7.00. The molecule has 1 heterocycles. The highest BCUT2D eigenvalue weighted by molar-refractivity contribution is 6.33. The zero-order valence-corrected chi connectivity index (χ0v) is 18.6. The fraction of sp³-hybridized carbons (Fsp3) is 0.273. The lowest BCUT2D eigenvalue weighted by atomic mass is 10.1. The van der Waals surface area contributed by atoms with E-state index in [1.165, 1.54) is 18.2 Å². The summed E-state index contributed by atoms with van der Waals surface area (Å²) in [5, 5.41) is 6.82. The molecular weight excluding hydrogens is 443 g/mol. The quantitative estimate of drug-likeness (QED) is 0.443. The number of aryl methyl sites for hydroxylation is 1. The van der Waals surface area contributed by atoms with Crippen molar-refractivity contribution in [2.45, 2.75) is 13.3 Å². The van der Waals surface area contributed by atoms with Crippen LogP contribution in [0.3, 0.4) is 0 Å². The third-order valence-corrected chi connectivity index (χ3v) is 4.63. The number of ether oxygens (including phenoxy) is 1. The molecule has 0 bridgehead atoms.